The lowest BCUT2D eigenvalue weighted by atomic mass is 10.1. The zero-order chi connectivity index (χ0) is 13.9. The van der Waals surface area contributed by atoms with Crippen LogP contribution in [0.15, 0.2) is 42.3 Å². The highest BCUT2D eigenvalue weighted by Crippen LogP contribution is 2.26. The van der Waals surface area contributed by atoms with Crippen LogP contribution in [-0.4, -0.2) is 17.6 Å². The standard InChI is InChI=1S/C15H19NO3/c1-11(16-13-9-15(2,3)19-13)14(17)18-10-12-7-5-4-6-8-12/h4-9,11,16H,10H2,1-3H3/t11-/m0/s1. The number of hydrogen-bond acceptors (Lipinski definition) is 4. The van der Waals surface area contributed by atoms with Gasteiger partial charge in [-0.05, 0) is 26.3 Å². The fourth-order valence-electron chi connectivity index (χ4n) is 1.80. The second kappa shape index (κ2) is 5.34. The molecule has 4 nitrogen and oxygen atoms in total. The van der Waals surface area contributed by atoms with Gasteiger partial charge in [-0.1, -0.05) is 30.3 Å². The molecule has 1 aliphatic heterocycles. The molecule has 0 amide bonds. The minimum absolute atomic E-state index is 0.240. The fraction of sp³-hybridized carbons (Fsp3) is 0.400. The summed E-state index contributed by atoms with van der Waals surface area (Å²) >= 11 is 0. The maximum atomic E-state index is 11.8. The minimum atomic E-state index is -0.425. The van der Waals surface area contributed by atoms with E-state index in [4.69, 9.17) is 9.47 Å². The fourth-order valence-corrected chi connectivity index (χ4v) is 1.80. The number of carbonyl (C=O) groups excluding carboxylic acids is 1. The zero-order valence-corrected chi connectivity index (χ0v) is 11.5. The summed E-state index contributed by atoms with van der Waals surface area (Å²) in [5.41, 5.74) is 0.735. The number of esters is 1. The van der Waals surface area contributed by atoms with Crippen molar-refractivity contribution < 1.29 is 14.3 Å². The predicted molar refractivity (Wildman–Crippen MR) is 72.1 cm³/mol. The number of nitrogens with one attached hydrogen (secondary N) is 1. The summed E-state index contributed by atoms with van der Waals surface area (Å²) in [7, 11) is 0. The Labute approximate surface area is 113 Å². The van der Waals surface area contributed by atoms with E-state index >= 15 is 0 Å². The normalized spacial score (nSPS) is 17.5. The average molecular weight is 261 g/mol. The molecule has 1 heterocycles. The molecule has 1 aromatic carbocycles. The van der Waals surface area contributed by atoms with Gasteiger partial charge in [-0.2, -0.15) is 0 Å². The van der Waals surface area contributed by atoms with E-state index < -0.39 is 6.04 Å². The summed E-state index contributed by atoms with van der Waals surface area (Å²) in [4.78, 5) is 11.8. The summed E-state index contributed by atoms with van der Waals surface area (Å²) in [5, 5.41) is 2.97. The Morgan fingerprint density at radius 3 is 2.58 bits per heavy atom. The highest BCUT2D eigenvalue weighted by molar-refractivity contribution is 5.75. The van der Waals surface area contributed by atoms with Crippen molar-refractivity contribution in [1.82, 2.24) is 5.32 Å². The molecule has 0 fully saturated rings. The average Bonchev–Trinajstić information content (AvgIpc) is 2.35. The van der Waals surface area contributed by atoms with Gasteiger partial charge >= 0.3 is 5.97 Å². The van der Waals surface area contributed by atoms with Gasteiger partial charge in [0.2, 0.25) is 0 Å². The first-order chi connectivity index (χ1) is 8.96. The Hall–Kier alpha value is -1.97. The first kappa shape index (κ1) is 13.5. The second-order valence-electron chi connectivity index (χ2n) is 5.17. The van der Waals surface area contributed by atoms with Crippen molar-refractivity contribution in [2.24, 2.45) is 0 Å². The van der Waals surface area contributed by atoms with Crippen molar-refractivity contribution in [2.75, 3.05) is 0 Å². The third-order valence-electron chi connectivity index (χ3n) is 2.79. The molecule has 0 unspecified atom stereocenters. The molecule has 1 aliphatic rings. The molecule has 1 aromatic rings. The van der Waals surface area contributed by atoms with Crippen molar-refractivity contribution in [1.29, 1.82) is 0 Å². The minimum Gasteiger partial charge on any atom is -0.469 e. The van der Waals surface area contributed by atoms with Gasteiger partial charge in [-0.3, -0.25) is 0 Å². The largest absolute Gasteiger partial charge is 0.469 e. The zero-order valence-electron chi connectivity index (χ0n) is 11.5. The molecule has 102 valence electrons. The van der Waals surface area contributed by atoms with Crippen molar-refractivity contribution in [3.8, 4) is 0 Å². The number of benzene rings is 1. The summed E-state index contributed by atoms with van der Waals surface area (Å²) < 4.78 is 10.7. The van der Waals surface area contributed by atoms with E-state index in [0.29, 0.717) is 5.88 Å². The Kier molecular flexibility index (Phi) is 3.79. The van der Waals surface area contributed by atoms with Crippen molar-refractivity contribution >= 4 is 5.97 Å². The van der Waals surface area contributed by atoms with Crippen LogP contribution in [0.2, 0.25) is 0 Å². The number of rotatable bonds is 5. The van der Waals surface area contributed by atoms with Crippen molar-refractivity contribution in [2.45, 2.75) is 39.0 Å². The first-order valence-electron chi connectivity index (χ1n) is 6.35. The van der Waals surface area contributed by atoms with Gasteiger partial charge in [0, 0.05) is 6.08 Å². The van der Waals surface area contributed by atoms with E-state index in [1.165, 1.54) is 0 Å². The van der Waals surface area contributed by atoms with Gasteiger partial charge in [0.05, 0.1) is 0 Å². The Morgan fingerprint density at radius 2 is 2.00 bits per heavy atom. The molecule has 1 N–H and O–H groups in total. The SMILES string of the molecule is C[C@H](NC1=CC(C)(C)O1)C(=O)OCc1ccccc1. The van der Waals surface area contributed by atoms with Crippen molar-refractivity contribution in [3.63, 3.8) is 0 Å². The molecule has 0 radical (unpaired) electrons. The lowest BCUT2D eigenvalue weighted by Gasteiger charge is -2.35. The second-order valence-corrected chi connectivity index (χ2v) is 5.17. The van der Waals surface area contributed by atoms with E-state index in [1.54, 1.807) is 6.92 Å². The van der Waals surface area contributed by atoms with E-state index in [-0.39, 0.29) is 18.2 Å². The highest BCUT2D eigenvalue weighted by Gasteiger charge is 2.30. The van der Waals surface area contributed by atoms with Crippen LogP contribution < -0.4 is 5.32 Å². The number of ether oxygens (including phenoxy) is 2. The van der Waals surface area contributed by atoms with Crippen LogP contribution >= 0.6 is 0 Å². The maximum absolute atomic E-state index is 11.8. The molecule has 0 aliphatic carbocycles. The third kappa shape index (κ3) is 3.74. The molecule has 2 rings (SSSR count). The summed E-state index contributed by atoms with van der Waals surface area (Å²) in [5.74, 6) is 0.340. The van der Waals surface area contributed by atoms with E-state index in [9.17, 15) is 4.79 Å². The lowest BCUT2D eigenvalue weighted by Crippen LogP contribution is -2.43. The predicted octanol–water partition coefficient (Wildman–Crippen LogP) is 2.36. The van der Waals surface area contributed by atoms with Crippen LogP contribution in [0.3, 0.4) is 0 Å². The molecule has 0 spiro atoms. The van der Waals surface area contributed by atoms with Crippen LogP contribution in [0.25, 0.3) is 0 Å². The first-order valence-corrected chi connectivity index (χ1v) is 6.35. The third-order valence-corrected chi connectivity index (χ3v) is 2.79. The molecule has 0 bridgehead atoms. The lowest BCUT2D eigenvalue weighted by molar-refractivity contribution is -0.147. The summed E-state index contributed by atoms with van der Waals surface area (Å²) in [6.45, 7) is 5.95. The smallest absolute Gasteiger partial charge is 0.328 e. The molecule has 1 atom stereocenters. The Morgan fingerprint density at radius 1 is 1.37 bits per heavy atom. The molecule has 4 heteroatoms. The van der Waals surface area contributed by atoms with Gasteiger partial charge in [0.15, 0.2) is 5.88 Å². The molecule has 0 aromatic heterocycles. The van der Waals surface area contributed by atoms with Gasteiger partial charge in [0.1, 0.15) is 18.2 Å². The van der Waals surface area contributed by atoms with Gasteiger partial charge in [-0.15, -0.1) is 0 Å². The molecule has 0 saturated carbocycles. The topological polar surface area (TPSA) is 47.6 Å². The van der Waals surface area contributed by atoms with E-state index in [1.807, 2.05) is 50.3 Å². The molecule has 19 heavy (non-hydrogen) atoms. The Balaban J connectivity index is 1.77. The van der Waals surface area contributed by atoms with Gasteiger partial charge in [-0.25, -0.2) is 4.79 Å². The van der Waals surface area contributed by atoms with Crippen molar-refractivity contribution in [3.05, 3.63) is 47.9 Å². The van der Waals surface area contributed by atoms with Crippen LogP contribution in [0.5, 0.6) is 0 Å². The number of hydrogen-bond donors (Lipinski definition) is 1. The highest BCUT2D eigenvalue weighted by atomic mass is 16.5. The van der Waals surface area contributed by atoms with Crippen LogP contribution in [0.4, 0.5) is 0 Å². The summed E-state index contributed by atoms with van der Waals surface area (Å²) in [6, 6.07) is 9.18. The quantitative estimate of drug-likeness (QED) is 0.827. The molecular formula is C15H19NO3. The Bertz CT molecular complexity index is 479. The summed E-state index contributed by atoms with van der Waals surface area (Å²) in [6.07, 6.45) is 1.94. The van der Waals surface area contributed by atoms with E-state index in [2.05, 4.69) is 5.32 Å². The van der Waals surface area contributed by atoms with Crippen LogP contribution in [-0.2, 0) is 20.9 Å². The molecule has 0 saturated heterocycles. The molecular weight excluding hydrogens is 242 g/mol. The van der Waals surface area contributed by atoms with Crippen LogP contribution in [0, 0.1) is 0 Å². The van der Waals surface area contributed by atoms with Crippen LogP contribution in [0.1, 0.15) is 26.3 Å². The monoisotopic (exact) mass is 261 g/mol. The van der Waals surface area contributed by atoms with Gasteiger partial charge in [0.25, 0.3) is 0 Å². The van der Waals surface area contributed by atoms with E-state index in [0.717, 1.165) is 5.56 Å². The van der Waals surface area contributed by atoms with Gasteiger partial charge < -0.3 is 14.8 Å². The number of carbonyl (C=O) groups is 1. The maximum Gasteiger partial charge on any atom is 0.328 e.